The van der Waals surface area contributed by atoms with Gasteiger partial charge in [-0.2, -0.15) is 0 Å². The minimum absolute atomic E-state index is 0.00369. The van der Waals surface area contributed by atoms with Crippen molar-refractivity contribution in [3.05, 3.63) is 60.2 Å². The summed E-state index contributed by atoms with van der Waals surface area (Å²) in [6.07, 6.45) is 1.59. The first-order valence-corrected chi connectivity index (χ1v) is 12.0. The molecule has 0 aromatic heterocycles. The molecule has 0 spiro atoms. The van der Waals surface area contributed by atoms with Gasteiger partial charge in [0.05, 0.1) is 32.3 Å². The Hall–Kier alpha value is -3.10. The quantitative estimate of drug-likeness (QED) is 0.655. The summed E-state index contributed by atoms with van der Waals surface area (Å²) in [5.41, 5.74) is 1.89. The SMILES string of the molecule is COc1ccc([C@H](CNC(=O)[C@H]2CCCN(C(=O)Nc3ccccc3)C2)N2CCOCC2)cc1. The van der Waals surface area contributed by atoms with Crippen LogP contribution in [0.25, 0.3) is 0 Å². The lowest BCUT2D eigenvalue weighted by atomic mass is 9.97. The van der Waals surface area contributed by atoms with E-state index in [0.29, 0.717) is 32.8 Å². The van der Waals surface area contributed by atoms with Gasteiger partial charge in [-0.3, -0.25) is 9.69 Å². The fourth-order valence-corrected chi connectivity index (χ4v) is 4.61. The summed E-state index contributed by atoms with van der Waals surface area (Å²) in [7, 11) is 1.66. The Morgan fingerprint density at radius 1 is 1.06 bits per heavy atom. The normalized spacial score (nSPS) is 19.8. The fourth-order valence-electron chi connectivity index (χ4n) is 4.61. The first-order valence-electron chi connectivity index (χ1n) is 12.0. The maximum Gasteiger partial charge on any atom is 0.321 e. The van der Waals surface area contributed by atoms with Gasteiger partial charge in [0, 0.05) is 38.4 Å². The molecule has 2 fully saturated rings. The maximum atomic E-state index is 13.1. The summed E-state index contributed by atoms with van der Waals surface area (Å²) >= 11 is 0. The molecule has 2 aromatic carbocycles. The largest absolute Gasteiger partial charge is 0.497 e. The van der Waals surface area contributed by atoms with Crippen molar-refractivity contribution in [3.63, 3.8) is 0 Å². The summed E-state index contributed by atoms with van der Waals surface area (Å²) < 4.78 is 10.8. The average Bonchev–Trinajstić information content (AvgIpc) is 2.90. The van der Waals surface area contributed by atoms with Crippen LogP contribution in [-0.2, 0) is 9.53 Å². The Balaban J connectivity index is 1.36. The molecule has 0 aliphatic carbocycles. The van der Waals surface area contributed by atoms with Crippen LogP contribution in [0.2, 0.25) is 0 Å². The Labute approximate surface area is 201 Å². The van der Waals surface area contributed by atoms with E-state index in [1.165, 1.54) is 0 Å². The number of para-hydroxylation sites is 1. The highest BCUT2D eigenvalue weighted by Crippen LogP contribution is 2.24. The highest BCUT2D eigenvalue weighted by atomic mass is 16.5. The van der Waals surface area contributed by atoms with E-state index in [2.05, 4.69) is 27.7 Å². The molecule has 2 N–H and O–H groups in total. The second-order valence-electron chi connectivity index (χ2n) is 8.76. The van der Waals surface area contributed by atoms with Gasteiger partial charge in [-0.25, -0.2) is 4.79 Å². The number of benzene rings is 2. The molecule has 8 nitrogen and oxygen atoms in total. The summed E-state index contributed by atoms with van der Waals surface area (Å²) in [5.74, 6) is 0.602. The second kappa shape index (κ2) is 11.9. The van der Waals surface area contributed by atoms with Gasteiger partial charge in [-0.05, 0) is 42.7 Å². The molecule has 2 heterocycles. The van der Waals surface area contributed by atoms with Crippen LogP contribution in [0, 0.1) is 5.92 Å². The van der Waals surface area contributed by atoms with Crippen molar-refractivity contribution in [2.75, 3.05) is 58.4 Å². The molecular formula is C26H34N4O4. The van der Waals surface area contributed by atoms with E-state index < -0.39 is 0 Å². The molecule has 0 radical (unpaired) electrons. The highest BCUT2D eigenvalue weighted by Gasteiger charge is 2.30. The van der Waals surface area contributed by atoms with Crippen molar-refractivity contribution >= 4 is 17.6 Å². The first kappa shape index (κ1) is 24.0. The van der Waals surface area contributed by atoms with Crippen LogP contribution in [0.4, 0.5) is 10.5 Å². The van der Waals surface area contributed by atoms with E-state index in [1.807, 2.05) is 42.5 Å². The molecule has 2 aliphatic heterocycles. The van der Waals surface area contributed by atoms with Crippen LogP contribution in [0.3, 0.4) is 0 Å². The van der Waals surface area contributed by atoms with Gasteiger partial charge in [-0.15, -0.1) is 0 Å². The number of piperidine rings is 1. The lowest BCUT2D eigenvalue weighted by molar-refractivity contribution is -0.126. The van der Waals surface area contributed by atoms with E-state index in [-0.39, 0.29) is 23.9 Å². The molecular weight excluding hydrogens is 432 g/mol. The number of rotatable bonds is 7. The molecule has 8 heteroatoms. The van der Waals surface area contributed by atoms with Crippen molar-refractivity contribution in [1.29, 1.82) is 0 Å². The van der Waals surface area contributed by atoms with Crippen molar-refractivity contribution in [2.24, 2.45) is 5.92 Å². The zero-order valence-corrected chi connectivity index (χ0v) is 19.7. The number of amides is 3. The van der Waals surface area contributed by atoms with Crippen LogP contribution in [-0.4, -0.2) is 74.8 Å². The smallest absolute Gasteiger partial charge is 0.321 e. The number of methoxy groups -OCH3 is 1. The standard InChI is InChI=1S/C26H34N4O4/c1-33-23-11-9-20(10-12-23)24(29-14-16-34-17-15-29)18-27-25(31)21-6-5-13-30(19-21)26(32)28-22-7-3-2-4-8-22/h2-4,7-12,21,24H,5-6,13-19H2,1H3,(H,27,31)(H,28,32)/t21-,24-/m0/s1. The summed E-state index contributed by atoms with van der Waals surface area (Å²) in [5, 5.41) is 6.10. The lowest BCUT2D eigenvalue weighted by Crippen LogP contribution is -2.49. The second-order valence-corrected chi connectivity index (χ2v) is 8.76. The van der Waals surface area contributed by atoms with Crippen molar-refractivity contribution < 1.29 is 19.1 Å². The molecule has 2 atom stereocenters. The van der Waals surface area contributed by atoms with E-state index in [4.69, 9.17) is 9.47 Å². The van der Waals surface area contributed by atoms with Crippen LogP contribution < -0.4 is 15.4 Å². The Morgan fingerprint density at radius 2 is 1.79 bits per heavy atom. The predicted octanol–water partition coefficient (Wildman–Crippen LogP) is 3.13. The zero-order valence-electron chi connectivity index (χ0n) is 19.7. The fraction of sp³-hybridized carbons (Fsp3) is 0.462. The lowest BCUT2D eigenvalue weighted by Gasteiger charge is -2.36. The first-order chi connectivity index (χ1) is 16.6. The summed E-state index contributed by atoms with van der Waals surface area (Å²) in [6.45, 7) is 4.62. The predicted molar refractivity (Wildman–Crippen MR) is 131 cm³/mol. The zero-order chi connectivity index (χ0) is 23.8. The number of carbonyl (C=O) groups is 2. The number of hydrogen-bond donors (Lipinski definition) is 2. The molecule has 0 bridgehead atoms. The monoisotopic (exact) mass is 466 g/mol. The number of likely N-dealkylation sites (tertiary alicyclic amines) is 1. The van der Waals surface area contributed by atoms with Gasteiger partial charge in [0.2, 0.25) is 5.91 Å². The number of nitrogens with zero attached hydrogens (tertiary/aromatic N) is 2. The maximum absolute atomic E-state index is 13.1. The number of anilines is 1. The number of morpholine rings is 1. The molecule has 2 aromatic rings. The molecule has 0 unspecified atom stereocenters. The topological polar surface area (TPSA) is 83.1 Å². The van der Waals surface area contributed by atoms with Crippen LogP contribution in [0.15, 0.2) is 54.6 Å². The summed E-state index contributed by atoms with van der Waals surface area (Å²) in [6, 6.07) is 17.3. The van der Waals surface area contributed by atoms with Crippen LogP contribution >= 0.6 is 0 Å². The van der Waals surface area contributed by atoms with Gasteiger partial charge in [0.25, 0.3) is 0 Å². The Bertz CT molecular complexity index is 932. The summed E-state index contributed by atoms with van der Waals surface area (Å²) in [4.78, 5) is 29.9. The molecule has 182 valence electrons. The van der Waals surface area contributed by atoms with E-state index in [9.17, 15) is 9.59 Å². The Kier molecular flexibility index (Phi) is 8.38. The molecule has 0 saturated carbocycles. The minimum Gasteiger partial charge on any atom is -0.497 e. The highest BCUT2D eigenvalue weighted by molar-refractivity contribution is 5.90. The van der Waals surface area contributed by atoms with Gasteiger partial charge >= 0.3 is 6.03 Å². The van der Waals surface area contributed by atoms with Gasteiger partial charge < -0.3 is 25.0 Å². The third-order valence-corrected chi connectivity index (χ3v) is 6.56. The third kappa shape index (κ3) is 6.27. The minimum atomic E-state index is -0.212. The van der Waals surface area contributed by atoms with Crippen molar-refractivity contribution in [3.8, 4) is 5.75 Å². The van der Waals surface area contributed by atoms with Crippen molar-refractivity contribution in [2.45, 2.75) is 18.9 Å². The molecule has 4 rings (SSSR count). The van der Waals surface area contributed by atoms with Gasteiger partial charge in [-0.1, -0.05) is 30.3 Å². The van der Waals surface area contributed by atoms with E-state index in [1.54, 1.807) is 12.0 Å². The third-order valence-electron chi connectivity index (χ3n) is 6.56. The number of nitrogens with one attached hydrogen (secondary N) is 2. The van der Waals surface area contributed by atoms with Crippen LogP contribution in [0.1, 0.15) is 24.4 Å². The van der Waals surface area contributed by atoms with Crippen molar-refractivity contribution in [1.82, 2.24) is 15.1 Å². The average molecular weight is 467 g/mol. The molecule has 34 heavy (non-hydrogen) atoms. The number of hydrogen-bond acceptors (Lipinski definition) is 5. The van der Waals surface area contributed by atoms with E-state index in [0.717, 1.165) is 42.9 Å². The molecule has 2 aliphatic rings. The van der Waals surface area contributed by atoms with E-state index >= 15 is 0 Å². The molecule has 3 amide bonds. The number of ether oxygens (including phenoxy) is 2. The number of urea groups is 1. The molecule has 2 saturated heterocycles. The van der Waals surface area contributed by atoms with Gasteiger partial charge in [0.1, 0.15) is 5.75 Å². The van der Waals surface area contributed by atoms with Crippen LogP contribution in [0.5, 0.6) is 5.75 Å². The number of carbonyl (C=O) groups excluding carboxylic acids is 2. The van der Waals surface area contributed by atoms with Gasteiger partial charge in [0.15, 0.2) is 0 Å². The Morgan fingerprint density at radius 3 is 2.50 bits per heavy atom.